The Labute approximate surface area is 57.6 Å². The van der Waals surface area contributed by atoms with Crippen molar-refractivity contribution in [3.05, 3.63) is 0 Å². The summed E-state index contributed by atoms with van der Waals surface area (Å²) < 4.78 is 0. The highest BCUT2D eigenvalue weighted by molar-refractivity contribution is 7.40. The number of carbonyl (C=O) groups excluding carboxylic acids is 1. The molecule has 1 N–H and O–H groups in total. The lowest BCUT2D eigenvalue weighted by atomic mass is 10.1. The molecule has 1 heterocycles. The Morgan fingerprint density at radius 3 is 2.67 bits per heavy atom. The maximum atomic E-state index is 10.7. The van der Waals surface area contributed by atoms with Gasteiger partial charge < -0.3 is 5.32 Å². The molecule has 0 radical (unpaired) electrons. The van der Waals surface area contributed by atoms with E-state index in [2.05, 4.69) is 21.5 Å². The van der Waals surface area contributed by atoms with Gasteiger partial charge in [0.15, 0.2) is 5.52 Å². The van der Waals surface area contributed by atoms with E-state index in [1.165, 1.54) is 0 Å². The van der Waals surface area contributed by atoms with Crippen molar-refractivity contribution in [1.29, 1.82) is 0 Å². The van der Waals surface area contributed by atoms with Gasteiger partial charge in [-0.3, -0.25) is 4.79 Å². The molecular weight excluding hydrogens is 133 g/mol. The molecule has 0 aromatic rings. The predicted molar refractivity (Wildman–Crippen MR) is 40.3 cm³/mol. The van der Waals surface area contributed by atoms with Crippen LogP contribution in [0.25, 0.3) is 0 Å². The molecule has 0 aromatic carbocycles. The van der Waals surface area contributed by atoms with Crippen molar-refractivity contribution in [1.82, 2.24) is 5.32 Å². The first-order chi connectivity index (χ1) is 4.20. The molecule has 1 aliphatic rings. The molecule has 0 aliphatic carbocycles. The summed E-state index contributed by atoms with van der Waals surface area (Å²) in [6, 6.07) is 0.116. The van der Waals surface area contributed by atoms with Crippen molar-refractivity contribution in [3.8, 4) is 0 Å². The Kier molecular flexibility index (Phi) is 2.20. The van der Waals surface area contributed by atoms with Gasteiger partial charge in [-0.05, 0) is 18.9 Å². The first-order valence-electron chi connectivity index (χ1n) is 3.23. The van der Waals surface area contributed by atoms with Crippen molar-refractivity contribution in [2.45, 2.75) is 19.4 Å². The molecule has 1 rings (SSSR count). The fraction of sp³-hybridized carbons (Fsp3) is 0.833. The van der Waals surface area contributed by atoms with E-state index in [0.29, 0.717) is 5.92 Å². The van der Waals surface area contributed by atoms with E-state index in [0.717, 1.165) is 13.0 Å². The first kappa shape index (κ1) is 7.17. The highest BCUT2D eigenvalue weighted by atomic mass is 31.0. The summed E-state index contributed by atoms with van der Waals surface area (Å²) in [5.74, 6) is 0.666. The van der Waals surface area contributed by atoms with Crippen molar-refractivity contribution < 1.29 is 4.79 Å². The largest absolute Gasteiger partial charge is 0.307 e. The Hall–Kier alpha value is 0.0600. The Bertz CT molecular complexity index is 126. The minimum atomic E-state index is 0.116. The molecule has 0 aromatic heterocycles. The van der Waals surface area contributed by atoms with Gasteiger partial charge in [-0.15, -0.1) is 0 Å². The van der Waals surface area contributed by atoms with Crippen LogP contribution in [0.4, 0.5) is 0 Å². The van der Waals surface area contributed by atoms with Gasteiger partial charge in [-0.1, -0.05) is 16.2 Å². The topological polar surface area (TPSA) is 29.1 Å². The summed E-state index contributed by atoms with van der Waals surface area (Å²) in [5, 5.41) is 3.14. The van der Waals surface area contributed by atoms with Gasteiger partial charge in [0.2, 0.25) is 0 Å². The van der Waals surface area contributed by atoms with E-state index in [-0.39, 0.29) is 11.6 Å². The number of hydrogen-bond acceptors (Lipinski definition) is 2. The molecule has 52 valence electrons. The highest BCUT2D eigenvalue weighted by Gasteiger charge is 2.23. The molecule has 0 spiro atoms. The molecular formula is C6H12NOP. The quantitative estimate of drug-likeness (QED) is 0.540. The van der Waals surface area contributed by atoms with E-state index in [1.54, 1.807) is 0 Å². The van der Waals surface area contributed by atoms with E-state index in [4.69, 9.17) is 0 Å². The second-order valence-electron chi connectivity index (χ2n) is 2.70. The fourth-order valence-corrected chi connectivity index (χ4v) is 1.38. The molecule has 0 amide bonds. The molecule has 0 bridgehead atoms. The van der Waals surface area contributed by atoms with E-state index >= 15 is 0 Å². The molecule has 0 saturated carbocycles. The number of rotatable bonds is 1. The van der Waals surface area contributed by atoms with Gasteiger partial charge in [-0.25, -0.2) is 0 Å². The third kappa shape index (κ3) is 1.74. The van der Waals surface area contributed by atoms with Gasteiger partial charge in [0, 0.05) is 0 Å². The minimum absolute atomic E-state index is 0.116. The lowest BCUT2D eigenvalue weighted by Crippen LogP contribution is -2.26. The minimum Gasteiger partial charge on any atom is -0.307 e. The maximum absolute atomic E-state index is 10.7. The SMILES string of the molecule is C[C@H]1CN[C@@H](C(=O)P)C1. The molecule has 1 unspecified atom stereocenters. The molecule has 9 heavy (non-hydrogen) atoms. The average Bonchev–Trinajstić information content (AvgIpc) is 2.14. The highest BCUT2D eigenvalue weighted by Crippen LogP contribution is 2.14. The van der Waals surface area contributed by atoms with Crippen molar-refractivity contribution in [2.24, 2.45) is 5.92 Å². The van der Waals surface area contributed by atoms with Crippen LogP contribution in [-0.2, 0) is 4.79 Å². The third-order valence-electron chi connectivity index (χ3n) is 1.69. The summed E-state index contributed by atoms with van der Waals surface area (Å²) in [6.45, 7) is 3.14. The standard InChI is InChI=1S/C6H12NOP/c1-4-2-5(6(8)9)7-3-4/h4-5,7H,2-3,9H2,1H3/t4-,5-/m1/s1. The third-order valence-corrected chi connectivity index (χ3v) is 2.10. The van der Waals surface area contributed by atoms with Crippen molar-refractivity contribution in [2.75, 3.05) is 6.54 Å². The zero-order chi connectivity index (χ0) is 6.85. The van der Waals surface area contributed by atoms with Crippen LogP contribution in [0.2, 0.25) is 0 Å². The van der Waals surface area contributed by atoms with Crippen molar-refractivity contribution in [3.63, 3.8) is 0 Å². The van der Waals surface area contributed by atoms with Crippen LogP contribution >= 0.6 is 9.24 Å². The van der Waals surface area contributed by atoms with Crippen LogP contribution in [0.1, 0.15) is 13.3 Å². The smallest absolute Gasteiger partial charge is 0.165 e. The van der Waals surface area contributed by atoms with Crippen LogP contribution in [-0.4, -0.2) is 18.1 Å². The van der Waals surface area contributed by atoms with E-state index in [1.807, 2.05) is 0 Å². The Balaban J connectivity index is 2.39. The van der Waals surface area contributed by atoms with Crippen LogP contribution in [0.5, 0.6) is 0 Å². The zero-order valence-corrected chi connectivity index (χ0v) is 6.71. The molecule has 1 fully saturated rings. The average molecular weight is 145 g/mol. The first-order valence-corrected chi connectivity index (χ1v) is 3.80. The zero-order valence-electron chi connectivity index (χ0n) is 5.55. The Morgan fingerprint density at radius 1 is 1.78 bits per heavy atom. The summed E-state index contributed by atoms with van der Waals surface area (Å²) >= 11 is 0. The van der Waals surface area contributed by atoms with E-state index < -0.39 is 0 Å². The summed E-state index contributed by atoms with van der Waals surface area (Å²) in [7, 11) is 2.22. The lowest BCUT2D eigenvalue weighted by Gasteiger charge is -2.01. The van der Waals surface area contributed by atoms with Gasteiger partial charge in [-0.2, -0.15) is 0 Å². The van der Waals surface area contributed by atoms with Crippen LogP contribution in [0.15, 0.2) is 0 Å². The van der Waals surface area contributed by atoms with Gasteiger partial charge in [0.1, 0.15) is 0 Å². The van der Waals surface area contributed by atoms with E-state index in [9.17, 15) is 4.79 Å². The summed E-state index contributed by atoms with van der Waals surface area (Å²) in [5.41, 5.74) is 0.194. The van der Waals surface area contributed by atoms with Gasteiger partial charge >= 0.3 is 0 Å². The van der Waals surface area contributed by atoms with Crippen LogP contribution in [0, 0.1) is 5.92 Å². The normalized spacial score (nSPS) is 34.9. The van der Waals surface area contributed by atoms with Gasteiger partial charge in [0.05, 0.1) is 6.04 Å². The maximum Gasteiger partial charge on any atom is 0.165 e. The summed E-state index contributed by atoms with van der Waals surface area (Å²) in [4.78, 5) is 10.7. The molecule has 1 saturated heterocycles. The molecule has 3 heteroatoms. The van der Waals surface area contributed by atoms with Crippen LogP contribution in [0.3, 0.4) is 0 Å². The monoisotopic (exact) mass is 145 g/mol. The second kappa shape index (κ2) is 2.76. The fourth-order valence-electron chi connectivity index (χ4n) is 1.13. The van der Waals surface area contributed by atoms with Crippen LogP contribution < -0.4 is 5.32 Å². The molecule has 3 atom stereocenters. The lowest BCUT2D eigenvalue weighted by molar-refractivity contribution is -0.112. The molecule has 1 aliphatic heterocycles. The Morgan fingerprint density at radius 2 is 2.44 bits per heavy atom. The number of nitrogens with one attached hydrogen (secondary N) is 1. The van der Waals surface area contributed by atoms with Gasteiger partial charge in [0.25, 0.3) is 0 Å². The number of hydrogen-bond donors (Lipinski definition) is 1. The summed E-state index contributed by atoms with van der Waals surface area (Å²) in [6.07, 6.45) is 1.00. The number of carbonyl (C=O) groups is 1. The predicted octanol–water partition coefficient (Wildman–Crippen LogP) is 0.386. The van der Waals surface area contributed by atoms with Crippen molar-refractivity contribution >= 4 is 14.8 Å². The second-order valence-corrected chi connectivity index (χ2v) is 3.27. The molecule has 2 nitrogen and oxygen atoms in total.